The van der Waals surface area contributed by atoms with Gasteiger partial charge in [-0.15, -0.1) is 11.3 Å². The first-order valence-electron chi connectivity index (χ1n) is 14.0. The van der Waals surface area contributed by atoms with E-state index in [9.17, 15) is 0 Å². The fourth-order valence-corrected chi connectivity index (χ4v) is 7.85. The van der Waals surface area contributed by atoms with Crippen molar-refractivity contribution in [3.63, 3.8) is 0 Å². The summed E-state index contributed by atoms with van der Waals surface area (Å²) in [6.07, 6.45) is 1.89. The van der Waals surface area contributed by atoms with Crippen LogP contribution in [0.3, 0.4) is 0 Å². The molecule has 9 rings (SSSR count). The van der Waals surface area contributed by atoms with Crippen molar-refractivity contribution < 1.29 is 0 Å². The molecular formula is C39H23NS. The number of fused-ring (bicyclic) bond motifs is 12. The normalized spacial score (nSPS) is 11.9. The lowest BCUT2D eigenvalue weighted by Crippen LogP contribution is -1.98. The summed E-state index contributed by atoms with van der Waals surface area (Å²) in [5, 5.41) is 3.81. The van der Waals surface area contributed by atoms with E-state index in [1.54, 1.807) is 0 Å². The number of rotatable bonds is 1. The number of pyridine rings is 1. The average Bonchev–Trinajstić information content (AvgIpc) is 3.42. The van der Waals surface area contributed by atoms with Gasteiger partial charge in [-0.2, -0.15) is 0 Å². The molecule has 2 heteroatoms. The Morgan fingerprint density at radius 1 is 0.415 bits per heavy atom. The van der Waals surface area contributed by atoms with E-state index in [4.69, 9.17) is 4.98 Å². The quantitative estimate of drug-likeness (QED) is 0.203. The Morgan fingerprint density at radius 3 is 1.83 bits per heavy atom. The summed E-state index contributed by atoms with van der Waals surface area (Å²) in [5.74, 6) is 0. The minimum atomic E-state index is 1.02. The second-order valence-electron chi connectivity index (χ2n) is 10.7. The molecule has 0 saturated carbocycles. The third kappa shape index (κ3) is 3.38. The van der Waals surface area contributed by atoms with Gasteiger partial charge in [0.05, 0.1) is 5.52 Å². The highest BCUT2D eigenvalue weighted by atomic mass is 32.1. The van der Waals surface area contributed by atoms with Crippen LogP contribution in [0.25, 0.3) is 86.7 Å². The summed E-state index contributed by atoms with van der Waals surface area (Å²) >= 11 is 1.89. The van der Waals surface area contributed by atoms with Crippen molar-refractivity contribution in [1.29, 1.82) is 0 Å². The topological polar surface area (TPSA) is 12.9 Å². The van der Waals surface area contributed by atoms with Crippen LogP contribution in [0.4, 0.5) is 0 Å². The highest BCUT2D eigenvalue weighted by molar-refractivity contribution is 7.26. The lowest BCUT2D eigenvalue weighted by atomic mass is 9.79. The molecule has 1 aliphatic carbocycles. The van der Waals surface area contributed by atoms with Crippen molar-refractivity contribution in [2.24, 2.45) is 0 Å². The van der Waals surface area contributed by atoms with Gasteiger partial charge in [-0.05, 0) is 86.0 Å². The summed E-state index contributed by atoms with van der Waals surface area (Å²) < 4.78 is 2.67. The Hall–Kier alpha value is -5.05. The second kappa shape index (κ2) is 8.72. The molecule has 6 aromatic carbocycles. The number of thiophene rings is 1. The highest BCUT2D eigenvalue weighted by Crippen LogP contribution is 2.50. The zero-order valence-corrected chi connectivity index (χ0v) is 23.0. The Kier molecular flexibility index (Phi) is 4.84. The van der Waals surface area contributed by atoms with Crippen LogP contribution in [-0.4, -0.2) is 4.98 Å². The maximum absolute atomic E-state index is 4.74. The molecule has 0 aliphatic heterocycles. The predicted octanol–water partition coefficient (Wildman–Crippen LogP) is 11.3. The molecule has 0 spiro atoms. The lowest BCUT2D eigenvalue weighted by Gasteiger charge is -2.24. The van der Waals surface area contributed by atoms with E-state index < -0.39 is 0 Å². The van der Waals surface area contributed by atoms with Gasteiger partial charge in [0.2, 0.25) is 0 Å². The molecular weight excluding hydrogens is 515 g/mol. The van der Waals surface area contributed by atoms with E-state index in [0.717, 1.165) is 10.9 Å². The van der Waals surface area contributed by atoms with E-state index in [1.165, 1.54) is 75.8 Å². The Morgan fingerprint density at radius 2 is 1.02 bits per heavy atom. The molecule has 0 unspecified atom stereocenters. The number of hydrogen-bond donors (Lipinski definition) is 0. The number of nitrogens with zero attached hydrogens (tertiary/aromatic N) is 1. The van der Waals surface area contributed by atoms with Crippen molar-refractivity contribution in [1.82, 2.24) is 4.98 Å². The van der Waals surface area contributed by atoms with E-state index in [-0.39, 0.29) is 0 Å². The molecule has 2 heterocycles. The van der Waals surface area contributed by atoms with Crippen LogP contribution in [-0.2, 0) is 0 Å². The standard InChI is InChI=1S/C39H23NS/c1-3-12-29-27(10-1)28-11-2-4-13-30(28)35-22-25-9-8-20-40-37(25)23-36(35)31-19-18-24(21-34(29)31)26-15-7-16-33-32-14-5-6-17-38(32)41-39(26)33/h1-23H. The molecule has 0 N–H and O–H groups in total. The van der Waals surface area contributed by atoms with Crippen LogP contribution in [0.5, 0.6) is 0 Å². The maximum atomic E-state index is 4.74. The smallest absolute Gasteiger partial charge is 0.0708 e. The van der Waals surface area contributed by atoms with Gasteiger partial charge in [0.25, 0.3) is 0 Å². The molecule has 190 valence electrons. The first-order valence-corrected chi connectivity index (χ1v) is 14.8. The van der Waals surface area contributed by atoms with Crippen LogP contribution >= 0.6 is 11.3 Å². The molecule has 41 heavy (non-hydrogen) atoms. The predicted molar refractivity (Wildman–Crippen MR) is 175 cm³/mol. The molecule has 0 radical (unpaired) electrons. The molecule has 0 amide bonds. The monoisotopic (exact) mass is 537 g/mol. The van der Waals surface area contributed by atoms with Gasteiger partial charge < -0.3 is 0 Å². The summed E-state index contributed by atoms with van der Waals surface area (Å²) in [6.45, 7) is 0. The summed E-state index contributed by atoms with van der Waals surface area (Å²) in [6, 6.07) is 49.0. The van der Waals surface area contributed by atoms with Crippen LogP contribution in [0.15, 0.2) is 140 Å². The zero-order chi connectivity index (χ0) is 26.9. The highest BCUT2D eigenvalue weighted by Gasteiger charge is 2.23. The Labute approximate surface area is 242 Å². The largest absolute Gasteiger partial charge is 0.256 e. The molecule has 0 saturated heterocycles. The van der Waals surface area contributed by atoms with Gasteiger partial charge in [-0.25, -0.2) is 0 Å². The molecule has 0 bridgehead atoms. The molecule has 0 atom stereocenters. The Bertz CT molecular complexity index is 2320. The molecule has 8 aromatic rings. The van der Waals surface area contributed by atoms with Crippen molar-refractivity contribution >= 4 is 42.4 Å². The first kappa shape index (κ1) is 22.7. The fourth-order valence-electron chi connectivity index (χ4n) is 6.62. The average molecular weight is 538 g/mol. The van der Waals surface area contributed by atoms with Crippen molar-refractivity contribution in [2.75, 3.05) is 0 Å². The van der Waals surface area contributed by atoms with Gasteiger partial charge in [0, 0.05) is 31.8 Å². The fraction of sp³-hybridized carbons (Fsp3) is 0. The summed E-state index contributed by atoms with van der Waals surface area (Å²) in [4.78, 5) is 4.74. The van der Waals surface area contributed by atoms with Gasteiger partial charge in [-0.3, -0.25) is 4.98 Å². The van der Waals surface area contributed by atoms with Crippen LogP contribution in [0.1, 0.15) is 0 Å². The Balaban J connectivity index is 1.38. The molecule has 1 aliphatic rings. The third-order valence-corrected chi connectivity index (χ3v) is 9.71. The minimum absolute atomic E-state index is 1.02. The summed E-state index contributed by atoms with van der Waals surface area (Å²) in [7, 11) is 0. The van der Waals surface area contributed by atoms with E-state index in [0.29, 0.717) is 0 Å². The van der Waals surface area contributed by atoms with Gasteiger partial charge in [0.1, 0.15) is 0 Å². The number of aromatic nitrogens is 1. The van der Waals surface area contributed by atoms with Crippen LogP contribution < -0.4 is 0 Å². The molecule has 0 fully saturated rings. The zero-order valence-electron chi connectivity index (χ0n) is 22.1. The minimum Gasteiger partial charge on any atom is -0.256 e. The number of hydrogen-bond acceptors (Lipinski definition) is 2. The molecule has 1 nitrogen and oxygen atoms in total. The lowest BCUT2D eigenvalue weighted by molar-refractivity contribution is 1.41. The number of benzene rings is 6. The maximum Gasteiger partial charge on any atom is 0.0708 e. The third-order valence-electron chi connectivity index (χ3n) is 8.49. The summed E-state index contributed by atoms with van der Waals surface area (Å²) in [5.41, 5.74) is 13.5. The van der Waals surface area contributed by atoms with E-state index in [2.05, 4.69) is 127 Å². The van der Waals surface area contributed by atoms with Gasteiger partial charge in [-0.1, -0.05) is 103 Å². The first-order chi connectivity index (χ1) is 20.3. The van der Waals surface area contributed by atoms with Crippen LogP contribution in [0, 0.1) is 0 Å². The molecule has 2 aromatic heterocycles. The van der Waals surface area contributed by atoms with Crippen molar-refractivity contribution in [3.8, 4) is 55.6 Å². The van der Waals surface area contributed by atoms with E-state index >= 15 is 0 Å². The SMILES string of the molecule is c1ccc2c(c1)-c1ccccc1-c1cc3cccnc3cc1-c1ccc(-c3cccc4c3sc3ccccc34)cc1-2. The van der Waals surface area contributed by atoms with Crippen molar-refractivity contribution in [2.45, 2.75) is 0 Å². The van der Waals surface area contributed by atoms with Gasteiger partial charge >= 0.3 is 0 Å². The van der Waals surface area contributed by atoms with Crippen molar-refractivity contribution in [3.05, 3.63) is 140 Å². The second-order valence-corrected chi connectivity index (χ2v) is 11.8. The van der Waals surface area contributed by atoms with Gasteiger partial charge in [0.15, 0.2) is 0 Å². The van der Waals surface area contributed by atoms with Crippen LogP contribution in [0.2, 0.25) is 0 Å². The van der Waals surface area contributed by atoms with E-state index in [1.807, 2.05) is 23.6 Å².